The van der Waals surface area contributed by atoms with Crippen molar-refractivity contribution in [3.05, 3.63) is 17.4 Å². The molecule has 0 spiro atoms. The van der Waals surface area contributed by atoms with Crippen molar-refractivity contribution in [1.82, 2.24) is 14.9 Å². The van der Waals surface area contributed by atoms with Crippen LogP contribution in [0.25, 0.3) is 0 Å². The van der Waals surface area contributed by atoms with Crippen molar-refractivity contribution in [1.29, 1.82) is 0 Å². The molecule has 0 amide bonds. The molecule has 1 aromatic rings. The monoisotopic (exact) mass is 322 g/mol. The summed E-state index contributed by atoms with van der Waals surface area (Å²) in [6.45, 7) is 7.38. The smallest absolute Gasteiger partial charge is 0.225 e. The van der Waals surface area contributed by atoms with E-state index in [1.807, 2.05) is 0 Å². The molecule has 0 radical (unpaired) electrons. The summed E-state index contributed by atoms with van der Waals surface area (Å²) in [7, 11) is 0. The van der Waals surface area contributed by atoms with E-state index in [1.54, 1.807) is 12.4 Å². The quantitative estimate of drug-likeness (QED) is 0.852. The number of piperidine rings is 1. The van der Waals surface area contributed by atoms with Gasteiger partial charge in [-0.15, -0.1) is 0 Å². The fraction of sp³-hybridized carbons (Fsp3) is 0.750. The predicted octanol–water partition coefficient (Wildman–Crippen LogP) is 2.07. The van der Waals surface area contributed by atoms with E-state index in [0.717, 1.165) is 38.8 Å². The summed E-state index contributed by atoms with van der Waals surface area (Å²) in [5.74, 6) is 1.39. The fourth-order valence-electron chi connectivity index (χ4n) is 4.24. The summed E-state index contributed by atoms with van der Waals surface area (Å²) in [5, 5.41) is 0.592. The van der Waals surface area contributed by atoms with E-state index < -0.39 is 0 Å². The van der Waals surface area contributed by atoms with Gasteiger partial charge in [0.25, 0.3) is 0 Å². The second-order valence-corrected chi connectivity index (χ2v) is 7.43. The van der Waals surface area contributed by atoms with Crippen LogP contribution in [0.3, 0.4) is 0 Å². The summed E-state index contributed by atoms with van der Waals surface area (Å²) >= 11 is 5.90. The highest BCUT2D eigenvalue weighted by molar-refractivity contribution is 6.30. The van der Waals surface area contributed by atoms with Crippen LogP contribution in [0.1, 0.15) is 19.3 Å². The summed E-state index contributed by atoms with van der Waals surface area (Å²) in [6, 6.07) is 0. The highest BCUT2D eigenvalue weighted by atomic mass is 35.5. The number of nitrogens with zero attached hydrogens (tertiary/aromatic N) is 4. The average Bonchev–Trinajstić information content (AvgIpc) is 3.05. The van der Waals surface area contributed by atoms with Crippen LogP contribution in [-0.4, -0.2) is 60.8 Å². The van der Waals surface area contributed by atoms with Crippen LogP contribution in [0.15, 0.2) is 12.4 Å². The lowest BCUT2D eigenvalue weighted by Gasteiger charge is -2.36. The number of likely N-dealkylation sites (tertiary alicyclic amines) is 1. The minimum atomic E-state index is 0.250. The van der Waals surface area contributed by atoms with Gasteiger partial charge in [0.15, 0.2) is 0 Å². The first kappa shape index (κ1) is 14.7. The first-order valence-corrected chi connectivity index (χ1v) is 8.66. The third kappa shape index (κ3) is 2.70. The first-order valence-electron chi connectivity index (χ1n) is 8.28. The van der Waals surface area contributed by atoms with E-state index in [4.69, 9.17) is 16.3 Å². The lowest BCUT2D eigenvalue weighted by atomic mass is 9.80. The fourth-order valence-corrected chi connectivity index (χ4v) is 4.34. The highest BCUT2D eigenvalue weighted by Crippen LogP contribution is 2.43. The maximum absolute atomic E-state index is 5.90. The number of ether oxygens (including phenoxy) is 1. The number of aromatic nitrogens is 2. The molecule has 0 bridgehead atoms. The van der Waals surface area contributed by atoms with Crippen molar-refractivity contribution in [2.24, 2.45) is 11.3 Å². The second kappa shape index (κ2) is 5.95. The minimum absolute atomic E-state index is 0.250. The lowest BCUT2D eigenvalue weighted by Crippen LogP contribution is -2.45. The Bertz CT molecular complexity index is 519. The third-order valence-electron chi connectivity index (χ3n) is 5.40. The Kier molecular flexibility index (Phi) is 3.96. The van der Waals surface area contributed by atoms with Crippen LogP contribution in [0.4, 0.5) is 5.95 Å². The molecule has 0 N–H and O–H groups in total. The molecular weight excluding hydrogens is 300 g/mol. The summed E-state index contributed by atoms with van der Waals surface area (Å²) in [6.07, 6.45) is 7.43. The van der Waals surface area contributed by atoms with Crippen LogP contribution in [0.5, 0.6) is 0 Å². The van der Waals surface area contributed by atoms with Crippen molar-refractivity contribution >= 4 is 17.5 Å². The molecule has 3 fully saturated rings. The zero-order chi connectivity index (χ0) is 15.0. The Morgan fingerprint density at radius 3 is 2.77 bits per heavy atom. The van der Waals surface area contributed by atoms with Gasteiger partial charge >= 0.3 is 0 Å². The molecule has 0 aromatic carbocycles. The maximum Gasteiger partial charge on any atom is 0.225 e. The van der Waals surface area contributed by atoms with Crippen LogP contribution >= 0.6 is 11.6 Å². The largest absolute Gasteiger partial charge is 0.380 e. The molecule has 3 aliphatic rings. The molecule has 6 heteroatoms. The van der Waals surface area contributed by atoms with E-state index >= 15 is 0 Å². The Morgan fingerprint density at radius 2 is 2.00 bits per heavy atom. The number of rotatable bonds is 3. The molecule has 2 atom stereocenters. The van der Waals surface area contributed by atoms with Gasteiger partial charge in [-0.25, -0.2) is 9.97 Å². The first-order chi connectivity index (χ1) is 10.8. The highest BCUT2D eigenvalue weighted by Gasteiger charge is 2.51. The van der Waals surface area contributed by atoms with Crippen LogP contribution in [0.2, 0.25) is 5.02 Å². The van der Waals surface area contributed by atoms with Gasteiger partial charge in [-0.05, 0) is 25.9 Å². The molecule has 4 rings (SSSR count). The molecule has 22 heavy (non-hydrogen) atoms. The normalized spacial score (nSPS) is 32.4. The Balaban J connectivity index is 1.50. The Morgan fingerprint density at radius 1 is 1.23 bits per heavy atom. The van der Waals surface area contributed by atoms with E-state index in [1.165, 1.54) is 32.4 Å². The summed E-state index contributed by atoms with van der Waals surface area (Å²) in [4.78, 5) is 13.7. The molecule has 0 aliphatic carbocycles. The Labute approximate surface area is 136 Å². The molecule has 3 aliphatic heterocycles. The Hall–Kier alpha value is -0.910. The van der Waals surface area contributed by atoms with Crippen molar-refractivity contribution in [3.63, 3.8) is 0 Å². The number of anilines is 1. The third-order valence-corrected chi connectivity index (χ3v) is 5.59. The number of fused-ring (bicyclic) bond motifs is 1. The van der Waals surface area contributed by atoms with E-state index in [2.05, 4.69) is 19.8 Å². The summed E-state index contributed by atoms with van der Waals surface area (Å²) < 4.78 is 5.84. The summed E-state index contributed by atoms with van der Waals surface area (Å²) in [5.41, 5.74) is 0.250. The average molecular weight is 323 g/mol. The SMILES string of the molecule is Clc1cnc(N2C[C@@H]3COC[C@]3(CN3CCCCC3)C2)nc1. The van der Waals surface area contributed by atoms with Crippen molar-refractivity contribution < 1.29 is 4.74 Å². The van der Waals surface area contributed by atoms with Crippen molar-refractivity contribution in [2.75, 3.05) is 50.8 Å². The van der Waals surface area contributed by atoms with Crippen molar-refractivity contribution in [3.8, 4) is 0 Å². The van der Waals surface area contributed by atoms with Gasteiger partial charge in [-0.3, -0.25) is 0 Å². The van der Waals surface area contributed by atoms with Gasteiger partial charge in [0.1, 0.15) is 0 Å². The van der Waals surface area contributed by atoms with Crippen LogP contribution in [-0.2, 0) is 4.74 Å². The van der Waals surface area contributed by atoms with Crippen LogP contribution in [0, 0.1) is 11.3 Å². The molecule has 5 nitrogen and oxygen atoms in total. The van der Waals surface area contributed by atoms with E-state index in [9.17, 15) is 0 Å². The molecule has 120 valence electrons. The van der Waals surface area contributed by atoms with Gasteiger partial charge in [0.2, 0.25) is 5.95 Å². The topological polar surface area (TPSA) is 41.5 Å². The number of halogens is 1. The maximum atomic E-state index is 5.90. The van der Waals surface area contributed by atoms with Gasteiger partial charge in [0, 0.05) is 31.0 Å². The number of hydrogen-bond donors (Lipinski definition) is 0. The molecular formula is C16H23ClN4O. The number of hydrogen-bond acceptors (Lipinski definition) is 5. The van der Waals surface area contributed by atoms with Gasteiger partial charge in [0.05, 0.1) is 30.6 Å². The van der Waals surface area contributed by atoms with Gasteiger partial charge in [-0.1, -0.05) is 18.0 Å². The zero-order valence-electron chi connectivity index (χ0n) is 12.9. The van der Waals surface area contributed by atoms with Gasteiger partial charge < -0.3 is 14.5 Å². The molecule has 0 saturated carbocycles. The molecule has 3 saturated heterocycles. The molecule has 1 aromatic heterocycles. The minimum Gasteiger partial charge on any atom is -0.380 e. The van der Waals surface area contributed by atoms with E-state index in [-0.39, 0.29) is 5.41 Å². The van der Waals surface area contributed by atoms with Crippen molar-refractivity contribution in [2.45, 2.75) is 19.3 Å². The second-order valence-electron chi connectivity index (χ2n) is 6.99. The lowest BCUT2D eigenvalue weighted by molar-refractivity contribution is 0.104. The standard InChI is InChI=1S/C16H23ClN4O/c17-14-6-18-15(19-7-14)21-8-13-9-22-12-16(13,11-21)10-20-4-2-1-3-5-20/h6-7,13H,1-5,8-12H2/t13-,16+/m1/s1. The van der Waals surface area contributed by atoms with Gasteiger partial charge in [-0.2, -0.15) is 0 Å². The predicted molar refractivity (Wildman–Crippen MR) is 86.3 cm³/mol. The zero-order valence-corrected chi connectivity index (χ0v) is 13.6. The molecule has 0 unspecified atom stereocenters. The van der Waals surface area contributed by atoms with Crippen LogP contribution < -0.4 is 4.90 Å². The van der Waals surface area contributed by atoms with E-state index in [0.29, 0.717) is 10.9 Å². The molecule has 4 heterocycles.